The largest absolute Gasteiger partial charge is 0.494 e. The van der Waals surface area contributed by atoms with E-state index in [2.05, 4.69) is 56.3 Å². The van der Waals surface area contributed by atoms with Crippen LogP contribution in [0.2, 0.25) is 5.02 Å². The molecule has 1 unspecified atom stereocenters. The third-order valence-corrected chi connectivity index (χ3v) is 13.7. The topological polar surface area (TPSA) is 149 Å². The highest BCUT2D eigenvalue weighted by molar-refractivity contribution is 7.99. The fraction of sp³-hybridized carbons (Fsp3) is 0.381. The molecule has 3 aromatic carbocycles. The Balaban J connectivity index is 0.885. The van der Waals surface area contributed by atoms with Crippen molar-refractivity contribution in [1.29, 1.82) is 0 Å². The van der Waals surface area contributed by atoms with Crippen molar-refractivity contribution in [3.63, 3.8) is 0 Å². The molecule has 1 atom stereocenters. The summed E-state index contributed by atoms with van der Waals surface area (Å²) in [6.07, 6.45) is 4.97. The lowest BCUT2D eigenvalue weighted by Crippen LogP contribution is -2.52. The molecule has 0 bridgehead atoms. The number of aromatic nitrogens is 2. The van der Waals surface area contributed by atoms with E-state index < -0.39 is 11.9 Å². The number of rotatable bonds is 14. The Labute approximate surface area is 349 Å². The van der Waals surface area contributed by atoms with E-state index in [0.717, 1.165) is 59.2 Å². The van der Waals surface area contributed by atoms with Gasteiger partial charge in [-0.05, 0) is 86.0 Å². The highest BCUT2D eigenvalue weighted by Gasteiger charge is 2.40. The molecule has 13 nitrogen and oxygen atoms in total. The standard InChI is InChI=1S/C42H48ClN8O5PS/c1-49(38(53)13-8-22-58-36-12-7-9-28-29(36)25-51(41(28)55)33-16-17-37(52)47-40(33)54)26-18-20-50(21-19-26)27-14-15-31(34(23-27)56-2)46-42-44-24-30(43)39(48-42)45-32-10-5-6-11-35(32)57(3)4/h5-7,9-12,14-15,23-24,26,33H,8,13,16-22,25H2,1-4H3,(H,47,52,54)(H2,44,45,46,48). The minimum absolute atomic E-state index is 0.126. The van der Waals surface area contributed by atoms with E-state index in [4.69, 9.17) is 16.3 Å². The second-order valence-corrected chi connectivity index (χ2v) is 18.6. The van der Waals surface area contributed by atoms with Crippen LogP contribution in [-0.4, -0.2) is 102 Å². The lowest BCUT2D eigenvalue weighted by atomic mass is 10.0. The van der Waals surface area contributed by atoms with Gasteiger partial charge >= 0.3 is 0 Å². The minimum atomic E-state index is -0.644. The van der Waals surface area contributed by atoms with Crippen LogP contribution >= 0.6 is 31.3 Å². The van der Waals surface area contributed by atoms with Crippen LogP contribution < -0.4 is 30.9 Å². The molecule has 3 N–H and O–H groups in total. The fourth-order valence-corrected chi connectivity index (χ4v) is 9.87. The van der Waals surface area contributed by atoms with E-state index in [1.165, 1.54) is 5.30 Å². The summed E-state index contributed by atoms with van der Waals surface area (Å²) in [5.74, 6) is 1.51. The number of halogens is 1. The van der Waals surface area contributed by atoms with Gasteiger partial charge in [0.05, 0.1) is 19.0 Å². The van der Waals surface area contributed by atoms with E-state index >= 15 is 0 Å². The van der Waals surface area contributed by atoms with Crippen molar-refractivity contribution in [2.75, 3.05) is 61.9 Å². The summed E-state index contributed by atoms with van der Waals surface area (Å²) in [5, 5.41) is 10.7. The van der Waals surface area contributed by atoms with Crippen LogP contribution in [0.3, 0.4) is 0 Å². The Kier molecular flexibility index (Phi) is 13.0. The summed E-state index contributed by atoms with van der Waals surface area (Å²) in [6.45, 7) is 6.36. The van der Waals surface area contributed by atoms with E-state index in [0.29, 0.717) is 53.9 Å². The van der Waals surface area contributed by atoms with Crippen LogP contribution in [-0.2, 0) is 20.9 Å². The molecule has 0 aliphatic carbocycles. The molecule has 4 heterocycles. The molecule has 1 aromatic heterocycles. The van der Waals surface area contributed by atoms with E-state index in [-0.39, 0.29) is 38.1 Å². The van der Waals surface area contributed by atoms with E-state index in [9.17, 15) is 19.2 Å². The molecule has 304 valence electrons. The predicted octanol–water partition coefficient (Wildman–Crippen LogP) is 6.75. The number of carbonyl (C=O) groups is 4. The van der Waals surface area contributed by atoms with Crippen molar-refractivity contribution < 1.29 is 23.9 Å². The summed E-state index contributed by atoms with van der Waals surface area (Å²) in [5.41, 5.74) is 4.23. The van der Waals surface area contributed by atoms with E-state index in [1.54, 1.807) is 36.0 Å². The van der Waals surface area contributed by atoms with Gasteiger partial charge in [-0.25, -0.2) is 4.98 Å². The lowest BCUT2D eigenvalue weighted by molar-refractivity contribution is -0.137. The second kappa shape index (κ2) is 18.3. The number of amides is 4. The number of hydrogen-bond acceptors (Lipinski definition) is 11. The van der Waals surface area contributed by atoms with Crippen LogP contribution in [0.5, 0.6) is 5.75 Å². The maximum atomic E-state index is 13.3. The molecule has 0 saturated carbocycles. The van der Waals surface area contributed by atoms with Gasteiger partial charge in [-0.15, -0.1) is 11.8 Å². The van der Waals surface area contributed by atoms with Crippen molar-refractivity contribution in [2.45, 2.75) is 62.0 Å². The molecule has 3 aliphatic heterocycles. The Morgan fingerprint density at radius 1 is 1.03 bits per heavy atom. The first-order valence-corrected chi connectivity index (χ1v) is 23.0. The Morgan fingerprint density at radius 2 is 1.83 bits per heavy atom. The Hall–Kier alpha value is -4.91. The van der Waals surface area contributed by atoms with Gasteiger partial charge in [0, 0.05) is 73.5 Å². The number of para-hydroxylation sites is 1. The third-order valence-electron chi connectivity index (χ3n) is 10.9. The number of ether oxygens (including phenoxy) is 1. The predicted molar refractivity (Wildman–Crippen MR) is 232 cm³/mol. The van der Waals surface area contributed by atoms with Crippen molar-refractivity contribution >= 4 is 89.0 Å². The number of methoxy groups -OCH3 is 1. The molecule has 2 fully saturated rings. The summed E-state index contributed by atoms with van der Waals surface area (Å²) in [7, 11) is 3.21. The molecule has 0 radical (unpaired) electrons. The van der Waals surface area contributed by atoms with Gasteiger partial charge in [0.1, 0.15) is 16.8 Å². The first-order chi connectivity index (χ1) is 28.0. The van der Waals surface area contributed by atoms with Crippen LogP contribution in [0.4, 0.5) is 28.8 Å². The lowest BCUT2D eigenvalue weighted by Gasteiger charge is -2.38. The highest BCUT2D eigenvalue weighted by Crippen LogP contribution is 2.37. The number of thioether (sulfide) groups is 1. The molecule has 3 aliphatic rings. The maximum absolute atomic E-state index is 13.3. The summed E-state index contributed by atoms with van der Waals surface area (Å²) >= 11 is 8.13. The zero-order valence-electron chi connectivity index (χ0n) is 33.1. The smallest absolute Gasteiger partial charge is 0.255 e. The number of carbonyl (C=O) groups excluding carboxylic acids is 4. The zero-order chi connectivity index (χ0) is 40.9. The van der Waals surface area contributed by atoms with Gasteiger partial charge in [0.25, 0.3) is 5.91 Å². The van der Waals surface area contributed by atoms with Gasteiger partial charge in [0.2, 0.25) is 23.7 Å². The number of fused-ring (bicyclic) bond motifs is 1. The summed E-state index contributed by atoms with van der Waals surface area (Å²) < 4.78 is 5.79. The van der Waals surface area contributed by atoms with Crippen LogP contribution in [0.15, 0.2) is 71.8 Å². The molecule has 0 spiro atoms. The minimum Gasteiger partial charge on any atom is -0.494 e. The molecular weight excluding hydrogens is 795 g/mol. The second-order valence-electron chi connectivity index (χ2n) is 14.8. The fourth-order valence-electron chi connectivity index (χ4n) is 7.70. The van der Waals surface area contributed by atoms with Crippen molar-refractivity contribution in [3.8, 4) is 5.75 Å². The summed E-state index contributed by atoms with van der Waals surface area (Å²) in [4.78, 5) is 66.5. The van der Waals surface area contributed by atoms with Gasteiger partial charge in [-0.1, -0.05) is 43.8 Å². The number of benzene rings is 3. The molecule has 58 heavy (non-hydrogen) atoms. The quantitative estimate of drug-likeness (QED) is 0.0536. The number of hydrogen-bond donors (Lipinski definition) is 3. The van der Waals surface area contributed by atoms with Crippen molar-refractivity contribution in [3.05, 3.63) is 83.0 Å². The monoisotopic (exact) mass is 842 g/mol. The average molecular weight is 843 g/mol. The molecule has 7 rings (SSSR count). The third kappa shape index (κ3) is 9.19. The highest BCUT2D eigenvalue weighted by atomic mass is 35.5. The molecular formula is C42H48ClN8O5PS. The first kappa shape index (κ1) is 41.3. The van der Waals surface area contributed by atoms with Crippen LogP contribution in [0.1, 0.15) is 54.4 Å². The molecule has 16 heteroatoms. The van der Waals surface area contributed by atoms with E-state index in [1.807, 2.05) is 54.4 Å². The molecule has 2 saturated heterocycles. The first-order valence-electron chi connectivity index (χ1n) is 19.4. The Bertz CT molecular complexity index is 2200. The Morgan fingerprint density at radius 3 is 2.59 bits per heavy atom. The molecule has 4 amide bonds. The number of nitrogens with one attached hydrogen (secondary N) is 3. The van der Waals surface area contributed by atoms with Crippen molar-refractivity contribution in [1.82, 2.24) is 25.1 Å². The SMILES string of the molecule is COc1cc(N2CCC(N(C)C(=O)CCCSc3cccc4c3CN(C3CCC(=O)NC3=O)C4=O)CC2)ccc1Nc1ncc(Cl)c(Nc2ccccc2P(C)C)n1. The van der Waals surface area contributed by atoms with Gasteiger partial charge in [-0.3, -0.25) is 24.5 Å². The summed E-state index contributed by atoms with van der Waals surface area (Å²) in [6, 6.07) is 19.3. The number of piperidine rings is 2. The normalized spacial score (nSPS) is 17.0. The van der Waals surface area contributed by atoms with Crippen LogP contribution in [0.25, 0.3) is 0 Å². The van der Waals surface area contributed by atoms with Crippen LogP contribution in [0, 0.1) is 0 Å². The maximum Gasteiger partial charge on any atom is 0.255 e. The average Bonchev–Trinajstić information content (AvgIpc) is 3.56. The number of anilines is 5. The van der Waals surface area contributed by atoms with Gasteiger partial charge in [-0.2, -0.15) is 4.98 Å². The van der Waals surface area contributed by atoms with Crippen molar-refractivity contribution in [2.24, 2.45) is 0 Å². The molecule has 4 aromatic rings. The number of imide groups is 1. The van der Waals surface area contributed by atoms with Gasteiger partial charge < -0.3 is 30.1 Å². The zero-order valence-corrected chi connectivity index (χ0v) is 35.6. The van der Waals surface area contributed by atoms with Gasteiger partial charge in [0.15, 0.2) is 5.82 Å². The number of nitrogens with zero attached hydrogens (tertiary/aromatic N) is 5.